The molecule has 0 aromatic heterocycles. The first-order valence-electron chi connectivity index (χ1n) is 28.2. The number of benzene rings is 6. The van der Waals surface area contributed by atoms with E-state index >= 15 is 0 Å². The van der Waals surface area contributed by atoms with Crippen LogP contribution in [0.2, 0.25) is 0 Å². The Hall–Kier alpha value is -6.78. The molecule has 0 N–H and O–H groups in total. The van der Waals surface area contributed by atoms with E-state index in [2.05, 4.69) is 99.7 Å². The Labute approximate surface area is 498 Å². The van der Waals surface area contributed by atoms with E-state index in [4.69, 9.17) is 38.4 Å². The smallest absolute Gasteiger partial charge is 0.327 e. The first-order chi connectivity index (χ1) is 38.8. The van der Waals surface area contributed by atoms with Crippen LogP contribution < -0.4 is 28.7 Å². The normalized spacial score (nSPS) is 19.4. The van der Waals surface area contributed by atoms with Gasteiger partial charge in [0.05, 0.1) is 47.8 Å². The van der Waals surface area contributed by atoms with Gasteiger partial charge >= 0.3 is 23.9 Å². The number of fused-ring (bicyclic) bond motifs is 8. The summed E-state index contributed by atoms with van der Waals surface area (Å²) in [4.78, 5) is 65.4. The highest BCUT2D eigenvalue weighted by atomic mass is 79.9. The van der Waals surface area contributed by atoms with Crippen LogP contribution in [0.4, 0.5) is 22.7 Å². The van der Waals surface area contributed by atoms with Crippen LogP contribution in [0.3, 0.4) is 0 Å². The van der Waals surface area contributed by atoms with Crippen molar-refractivity contribution in [2.45, 2.75) is 139 Å². The molecule has 0 fully saturated rings. The van der Waals surface area contributed by atoms with Crippen molar-refractivity contribution in [2.75, 3.05) is 37.1 Å². The van der Waals surface area contributed by atoms with E-state index in [0.29, 0.717) is 35.3 Å². The van der Waals surface area contributed by atoms with E-state index < -0.39 is 49.8 Å². The lowest BCUT2D eigenvalue weighted by Crippen LogP contribution is -2.61. The van der Waals surface area contributed by atoms with Crippen molar-refractivity contribution in [3.8, 4) is 23.0 Å². The highest BCUT2D eigenvalue weighted by Gasteiger charge is 2.60. The number of carbonyl (C=O) groups is 4. The first kappa shape index (κ1) is 59.8. The predicted octanol–water partition coefficient (Wildman–Crippen LogP) is 15.0. The van der Waals surface area contributed by atoms with E-state index in [1.54, 1.807) is 45.9 Å². The van der Waals surface area contributed by atoms with Crippen LogP contribution in [0.5, 0.6) is 23.0 Å². The molecular weight excluding hydrogens is 1170 g/mol. The molecule has 16 heteroatoms. The number of para-hydroxylation sites is 2. The monoisotopic (exact) mass is 1240 g/mol. The highest BCUT2D eigenvalue weighted by Crippen LogP contribution is 2.56. The van der Waals surface area contributed by atoms with Crippen LogP contribution in [0, 0.1) is 11.3 Å². The zero-order valence-corrected chi connectivity index (χ0v) is 52.2. The number of anilines is 2. The molecule has 0 saturated carbocycles. The van der Waals surface area contributed by atoms with Gasteiger partial charge in [-0.05, 0) is 152 Å². The average molecular weight is 1240 g/mol. The fourth-order valence-corrected chi connectivity index (χ4v) is 12.1. The molecule has 432 valence electrons. The molecule has 4 aliphatic rings. The van der Waals surface area contributed by atoms with Gasteiger partial charge in [-0.2, -0.15) is 0 Å². The quantitative estimate of drug-likeness (QED) is 0.0392. The molecule has 4 heterocycles. The minimum atomic E-state index is -1.08. The van der Waals surface area contributed by atoms with E-state index in [0.717, 1.165) is 64.3 Å². The Morgan fingerprint density at radius 1 is 0.610 bits per heavy atom. The van der Waals surface area contributed by atoms with Crippen molar-refractivity contribution < 1.29 is 47.6 Å². The van der Waals surface area contributed by atoms with Gasteiger partial charge in [0.15, 0.2) is 0 Å². The molecular formula is C66H74Br2N4O10. The number of halogens is 2. The van der Waals surface area contributed by atoms with E-state index in [9.17, 15) is 19.2 Å². The Balaban J connectivity index is 0.000000217. The topological polar surface area (TPSA) is 155 Å². The highest BCUT2D eigenvalue weighted by molar-refractivity contribution is 9.10. The molecule has 6 aromatic rings. The number of esters is 4. The Bertz CT molecular complexity index is 3510. The second-order valence-electron chi connectivity index (χ2n) is 23.9. The average Bonchev–Trinajstić information content (AvgIpc) is 2.00. The molecule has 0 aliphatic carbocycles. The van der Waals surface area contributed by atoms with Gasteiger partial charge in [0.25, 0.3) is 0 Å². The molecule has 4 aliphatic heterocycles. The Morgan fingerprint density at radius 3 is 1.48 bits per heavy atom. The van der Waals surface area contributed by atoms with Crippen LogP contribution in [-0.4, -0.2) is 84.2 Å². The van der Waals surface area contributed by atoms with Crippen LogP contribution in [-0.2, 0) is 39.5 Å². The minimum absolute atomic E-state index is 0.121. The lowest BCUT2D eigenvalue weighted by molar-refractivity contribution is -0.153. The number of hydrogen-bond acceptors (Lipinski definition) is 14. The predicted molar refractivity (Wildman–Crippen MR) is 332 cm³/mol. The van der Waals surface area contributed by atoms with Crippen molar-refractivity contribution in [3.05, 3.63) is 120 Å². The van der Waals surface area contributed by atoms with Gasteiger partial charge in [-0.25, -0.2) is 0 Å². The summed E-state index contributed by atoms with van der Waals surface area (Å²) >= 11 is 6.76. The number of aliphatic imine (C=N–C) groups is 2. The second-order valence-corrected chi connectivity index (χ2v) is 27.0. The van der Waals surface area contributed by atoms with Gasteiger partial charge in [-0.3, -0.25) is 29.2 Å². The summed E-state index contributed by atoms with van der Waals surface area (Å²) in [6.07, 6.45) is 7.30. The standard InChI is InChI=1S/C40H49BrN2O7.C26H25BrN2O3/c1-8-10-20-47-35(44)27(22-31(41)36(45)48-21-11-9-2)24-38(3,4)37(46)49-28-18-16-26-17-19-33-34(29(26)23-28)42-25-40(50-33)39(5,6)30-14-12-13-15-32(30)43(40)7;1-24(2)19-8-6-7-9-20(19)29(5)26(24)15-28-22-18-14-17(31-23(30)25(3,4)27)12-10-16(18)11-13-21(22)32-26/h12-19,23,25,27,31H,8-11,20-22,24H2,1-7H3;6-15H,1-5H3. The van der Waals surface area contributed by atoms with E-state index in [1.807, 2.05) is 101 Å². The van der Waals surface area contributed by atoms with Gasteiger partial charge in [0.2, 0.25) is 11.4 Å². The molecule has 0 amide bonds. The van der Waals surface area contributed by atoms with Crippen molar-refractivity contribution >= 4 is 112 Å². The van der Waals surface area contributed by atoms with Gasteiger partial charge in [0.1, 0.15) is 43.5 Å². The maximum absolute atomic E-state index is 13.7. The summed E-state index contributed by atoms with van der Waals surface area (Å²) < 4.78 is 35.3. The number of alkyl halides is 2. The molecule has 0 saturated heterocycles. The third-order valence-corrected chi connectivity index (χ3v) is 17.6. The molecule has 4 atom stereocenters. The number of nitrogens with zero attached hydrogens (tertiary/aromatic N) is 4. The van der Waals surface area contributed by atoms with Crippen molar-refractivity contribution in [3.63, 3.8) is 0 Å². The van der Waals surface area contributed by atoms with Gasteiger partial charge in [-0.15, -0.1) is 0 Å². The van der Waals surface area contributed by atoms with E-state index in [1.165, 1.54) is 11.1 Å². The molecule has 4 unspecified atom stereocenters. The molecule has 10 rings (SSSR count). The Kier molecular flexibility index (Phi) is 16.9. The molecule has 2 spiro atoms. The fraction of sp³-hybridized carbons (Fsp3) is 0.424. The van der Waals surface area contributed by atoms with Crippen molar-refractivity contribution in [1.82, 2.24) is 0 Å². The number of hydrogen-bond donors (Lipinski definition) is 0. The Morgan fingerprint density at radius 2 is 1.04 bits per heavy atom. The number of carbonyl (C=O) groups excluding carboxylic acids is 4. The molecule has 0 bridgehead atoms. The van der Waals surface area contributed by atoms with Crippen LogP contribution >= 0.6 is 31.9 Å². The number of likely N-dealkylation sites (N-methyl/N-ethyl adjacent to an activating group) is 2. The molecule has 6 aromatic carbocycles. The minimum Gasteiger partial charge on any atom is -0.465 e. The third kappa shape index (κ3) is 11.0. The van der Waals surface area contributed by atoms with Gasteiger partial charge in [-0.1, -0.05) is 119 Å². The van der Waals surface area contributed by atoms with Crippen LogP contribution in [0.1, 0.15) is 119 Å². The van der Waals surface area contributed by atoms with Gasteiger partial charge in [0, 0.05) is 36.2 Å². The summed E-state index contributed by atoms with van der Waals surface area (Å²) in [6.45, 7) is 20.3. The largest absolute Gasteiger partial charge is 0.465 e. The van der Waals surface area contributed by atoms with Crippen molar-refractivity contribution in [1.29, 1.82) is 0 Å². The number of unbranched alkanes of at least 4 members (excludes halogenated alkanes) is 2. The SMILES string of the molecule is CCCCOC(=O)C(Br)CC(CC(C)(C)C(=O)Oc1ccc2ccc3c(c2c1)N=CC1(O3)N(C)c2ccccc2C1(C)C)C(=O)OCCCC.CN1c2ccccc2C(C)(C)C12C=Nc1c(ccc3ccc(OC(=O)C(C)(C)Br)cc13)O2. The summed E-state index contributed by atoms with van der Waals surface area (Å²) in [5.41, 5.74) is 2.71. The van der Waals surface area contributed by atoms with E-state index in [-0.39, 0.29) is 36.2 Å². The first-order valence-corrected chi connectivity index (χ1v) is 29.9. The lowest BCUT2D eigenvalue weighted by Gasteiger charge is -2.45. The maximum atomic E-state index is 13.7. The summed E-state index contributed by atoms with van der Waals surface area (Å²) in [5.74, 6) is -0.301. The fourth-order valence-electron chi connectivity index (χ4n) is 11.5. The zero-order chi connectivity index (χ0) is 59.2. The van der Waals surface area contributed by atoms with Crippen LogP contribution in [0.25, 0.3) is 21.5 Å². The second kappa shape index (κ2) is 23.1. The van der Waals surface area contributed by atoms with Crippen LogP contribution in [0.15, 0.2) is 119 Å². The summed E-state index contributed by atoms with van der Waals surface area (Å²) in [5, 5.41) is 3.59. The summed E-state index contributed by atoms with van der Waals surface area (Å²) in [6, 6.07) is 35.6. The lowest BCUT2D eigenvalue weighted by atomic mass is 9.77. The maximum Gasteiger partial charge on any atom is 0.327 e. The third-order valence-electron chi connectivity index (χ3n) is 16.6. The number of rotatable bonds is 16. The van der Waals surface area contributed by atoms with Gasteiger partial charge < -0.3 is 38.2 Å². The molecule has 82 heavy (non-hydrogen) atoms. The van der Waals surface area contributed by atoms with Crippen molar-refractivity contribution in [2.24, 2.45) is 21.3 Å². The molecule has 14 nitrogen and oxygen atoms in total. The molecule has 0 radical (unpaired) electrons. The number of ether oxygens (including phenoxy) is 6. The summed E-state index contributed by atoms with van der Waals surface area (Å²) in [7, 11) is 4.07. The zero-order valence-electron chi connectivity index (χ0n) is 49.0.